The number of benzene rings is 2. The fraction of sp³-hybridized carbons (Fsp3) is 0.350. The standard InChI is InChI=1S/C20H25ClN2O6S/c1-23(2)30(25,26)15-6-8-17(16(21)12-15)29-13-20(24)22-10-9-14-5-7-18(27-3)19(11-14)28-4/h5-8,11-12H,9-10,13H2,1-4H3,(H,22,24). The lowest BCUT2D eigenvalue weighted by molar-refractivity contribution is -0.123. The molecular weight excluding hydrogens is 432 g/mol. The second-order valence-electron chi connectivity index (χ2n) is 6.46. The highest BCUT2D eigenvalue weighted by molar-refractivity contribution is 7.89. The summed E-state index contributed by atoms with van der Waals surface area (Å²) in [5.41, 5.74) is 0.981. The van der Waals surface area contributed by atoms with Gasteiger partial charge in [-0.05, 0) is 42.3 Å². The Hall–Kier alpha value is -2.49. The Morgan fingerprint density at radius 2 is 1.70 bits per heavy atom. The summed E-state index contributed by atoms with van der Waals surface area (Å²) in [5.74, 6) is 1.17. The number of methoxy groups -OCH3 is 2. The molecule has 1 amide bonds. The smallest absolute Gasteiger partial charge is 0.257 e. The van der Waals surface area contributed by atoms with Crippen molar-refractivity contribution in [2.24, 2.45) is 0 Å². The van der Waals surface area contributed by atoms with Crippen LogP contribution in [-0.4, -0.2) is 60.1 Å². The van der Waals surface area contributed by atoms with Crippen LogP contribution >= 0.6 is 11.6 Å². The summed E-state index contributed by atoms with van der Waals surface area (Å²) in [5, 5.41) is 2.86. The maximum absolute atomic E-state index is 12.1. The van der Waals surface area contributed by atoms with Crippen LogP contribution in [0.3, 0.4) is 0 Å². The van der Waals surface area contributed by atoms with Crippen LogP contribution < -0.4 is 19.5 Å². The summed E-state index contributed by atoms with van der Waals surface area (Å²) in [4.78, 5) is 12.1. The summed E-state index contributed by atoms with van der Waals surface area (Å²) in [7, 11) is 2.40. The number of rotatable bonds is 10. The second-order valence-corrected chi connectivity index (χ2v) is 9.02. The number of amides is 1. The van der Waals surface area contributed by atoms with Gasteiger partial charge in [0, 0.05) is 20.6 Å². The van der Waals surface area contributed by atoms with E-state index in [0.717, 1.165) is 9.87 Å². The molecule has 0 saturated carbocycles. The van der Waals surface area contributed by atoms with E-state index in [-0.39, 0.29) is 28.2 Å². The van der Waals surface area contributed by atoms with Gasteiger partial charge in [0.2, 0.25) is 10.0 Å². The lowest BCUT2D eigenvalue weighted by atomic mass is 10.1. The third-order valence-corrected chi connectivity index (χ3v) is 6.33. The highest BCUT2D eigenvalue weighted by atomic mass is 35.5. The number of ether oxygens (including phenoxy) is 3. The lowest BCUT2D eigenvalue weighted by Gasteiger charge is -2.13. The molecule has 0 aromatic heterocycles. The molecule has 0 unspecified atom stereocenters. The maximum Gasteiger partial charge on any atom is 0.257 e. The molecule has 0 saturated heterocycles. The maximum atomic E-state index is 12.1. The Bertz CT molecular complexity index is 995. The van der Waals surface area contributed by atoms with E-state index in [0.29, 0.717) is 24.5 Å². The molecule has 0 spiro atoms. The highest BCUT2D eigenvalue weighted by Gasteiger charge is 2.19. The topological polar surface area (TPSA) is 94.2 Å². The van der Waals surface area contributed by atoms with Crippen molar-refractivity contribution >= 4 is 27.5 Å². The lowest BCUT2D eigenvalue weighted by Crippen LogP contribution is -2.30. The predicted molar refractivity (Wildman–Crippen MR) is 114 cm³/mol. The van der Waals surface area contributed by atoms with E-state index >= 15 is 0 Å². The van der Waals surface area contributed by atoms with Gasteiger partial charge in [-0.3, -0.25) is 4.79 Å². The van der Waals surface area contributed by atoms with E-state index in [1.54, 1.807) is 20.3 Å². The van der Waals surface area contributed by atoms with Crippen LogP contribution in [-0.2, 0) is 21.2 Å². The number of halogens is 1. The SMILES string of the molecule is COc1ccc(CCNC(=O)COc2ccc(S(=O)(=O)N(C)C)cc2Cl)cc1OC. The van der Waals surface area contributed by atoms with Gasteiger partial charge in [-0.2, -0.15) is 0 Å². The van der Waals surface area contributed by atoms with Gasteiger partial charge in [0.25, 0.3) is 5.91 Å². The Labute approximate surface area is 181 Å². The van der Waals surface area contributed by atoms with Crippen molar-refractivity contribution in [2.45, 2.75) is 11.3 Å². The second kappa shape index (κ2) is 10.5. The first-order valence-corrected chi connectivity index (χ1v) is 10.8. The average Bonchev–Trinajstić information content (AvgIpc) is 2.72. The Kier molecular flexibility index (Phi) is 8.33. The Balaban J connectivity index is 1.86. The van der Waals surface area contributed by atoms with Crippen molar-refractivity contribution in [1.29, 1.82) is 0 Å². The molecule has 0 atom stereocenters. The first-order chi connectivity index (χ1) is 14.2. The van der Waals surface area contributed by atoms with E-state index in [1.807, 2.05) is 12.1 Å². The fourth-order valence-corrected chi connectivity index (χ4v) is 3.77. The fourth-order valence-electron chi connectivity index (χ4n) is 2.55. The first kappa shape index (κ1) is 23.8. The zero-order valence-electron chi connectivity index (χ0n) is 17.3. The van der Waals surface area contributed by atoms with Gasteiger partial charge in [0.15, 0.2) is 18.1 Å². The van der Waals surface area contributed by atoms with Crippen molar-refractivity contribution < 1.29 is 27.4 Å². The summed E-state index contributed by atoms with van der Waals surface area (Å²) in [6.45, 7) is 0.164. The monoisotopic (exact) mass is 456 g/mol. The molecule has 0 aliphatic heterocycles. The quantitative estimate of drug-likeness (QED) is 0.589. The van der Waals surface area contributed by atoms with Crippen molar-refractivity contribution in [3.05, 3.63) is 47.0 Å². The molecular formula is C20H25ClN2O6S. The van der Waals surface area contributed by atoms with Crippen molar-refractivity contribution in [3.8, 4) is 17.2 Å². The highest BCUT2D eigenvalue weighted by Crippen LogP contribution is 2.29. The van der Waals surface area contributed by atoms with Crippen molar-refractivity contribution in [3.63, 3.8) is 0 Å². The van der Waals surface area contributed by atoms with Crippen LogP contribution in [0.5, 0.6) is 17.2 Å². The van der Waals surface area contributed by atoms with Gasteiger partial charge >= 0.3 is 0 Å². The van der Waals surface area contributed by atoms with Crippen LogP contribution in [0.1, 0.15) is 5.56 Å². The Morgan fingerprint density at radius 1 is 1.03 bits per heavy atom. The molecule has 30 heavy (non-hydrogen) atoms. The van der Waals surface area contributed by atoms with E-state index in [2.05, 4.69) is 5.32 Å². The summed E-state index contributed by atoms with van der Waals surface area (Å²) < 4.78 is 41.2. The predicted octanol–water partition coefficient (Wildman–Crippen LogP) is 2.35. The van der Waals surface area contributed by atoms with Crippen LogP contribution in [0.25, 0.3) is 0 Å². The molecule has 0 fully saturated rings. The van der Waals surface area contributed by atoms with E-state index in [1.165, 1.54) is 32.3 Å². The summed E-state index contributed by atoms with van der Waals surface area (Å²) in [6.07, 6.45) is 0.601. The first-order valence-electron chi connectivity index (χ1n) is 9.01. The van der Waals surface area contributed by atoms with Crippen LogP contribution in [0.2, 0.25) is 5.02 Å². The van der Waals surface area contributed by atoms with E-state index in [4.69, 9.17) is 25.8 Å². The van der Waals surface area contributed by atoms with Crippen molar-refractivity contribution in [1.82, 2.24) is 9.62 Å². The molecule has 10 heteroatoms. The van der Waals surface area contributed by atoms with Gasteiger partial charge < -0.3 is 19.5 Å². The molecule has 0 heterocycles. The molecule has 8 nitrogen and oxygen atoms in total. The molecule has 164 valence electrons. The minimum absolute atomic E-state index is 0.0456. The normalized spacial score (nSPS) is 11.3. The summed E-state index contributed by atoms with van der Waals surface area (Å²) in [6, 6.07) is 9.65. The number of sulfonamides is 1. The van der Waals surface area contributed by atoms with Gasteiger partial charge in [-0.25, -0.2) is 12.7 Å². The number of nitrogens with one attached hydrogen (secondary N) is 1. The minimum atomic E-state index is -3.60. The third-order valence-electron chi connectivity index (χ3n) is 4.22. The van der Waals surface area contributed by atoms with E-state index in [9.17, 15) is 13.2 Å². The Morgan fingerprint density at radius 3 is 2.30 bits per heavy atom. The van der Waals surface area contributed by atoms with Gasteiger partial charge in [-0.15, -0.1) is 0 Å². The molecule has 2 rings (SSSR count). The molecule has 0 aliphatic carbocycles. The van der Waals surface area contributed by atoms with Gasteiger partial charge in [0.1, 0.15) is 5.75 Å². The number of carbonyl (C=O) groups excluding carboxylic acids is 1. The zero-order chi connectivity index (χ0) is 22.3. The molecule has 2 aromatic carbocycles. The molecule has 1 N–H and O–H groups in total. The third kappa shape index (κ3) is 6.01. The molecule has 0 bridgehead atoms. The average molecular weight is 457 g/mol. The van der Waals surface area contributed by atoms with Gasteiger partial charge in [-0.1, -0.05) is 17.7 Å². The van der Waals surface area contributed by atoms with Crippen molar-refractivity contribution in [2.75, 3.05) is 41.5 Å². The number of carbonyl (C=O) groups is 1. The zero-order valence-corrected chi connectivity index (χ0v) is 18.8. The van der Waals surface area contributed by atoms with E-state index < -0.39 is 10.0 Å². The number of hydrogen-bond donors (Lipinski definition) is 1. The molecule has 0 radical (unpaired) electrons. The molecule has 0 aliphatic rings. The summed E-state index contributed by atoms with van der Waals surface area (Å²) >= 11 is 6.10. The number of hydrogen-bond acceptors (Lipinski definition) is 6. The van der Waals surface area contributed by atoms with Crippen LogP contribution in [0.4, 0.5) is 0 Å². The van der Waals surface area contributed by atoms with Crippen LogP contribution in [0, 0.1) is 0 Å². The van der Waals surface area contributed by atoms with Crippen LogP contribution in [0.15, 0.2) is 41.3 Å². The number of nitrogens with zero attached hydrogens (tertiary/aromatic N) is 1. The minimum Gasteiger partial charge on any atom is -0.493 e. The van der Waals surface area contributed by atoms with Gasteiger partial charge in [0.05, 0.1) is 24.1 Å². The molecule has 2 aromatic rings. The largest absolute Gasteiger partial charge is 0.493 e.